The second-order valence-electron chi connectivity index (χ2n) is 6.92. The van der Waals surface area contributed by atoms with Crippen LogP contribution in [0.4, 0.5) is 10.1 Å². The van der Waals surface area contributed by atoms with Crippen LogP contribution in [-0.2, 0) is 0 Å². The first kappa shape index (κ1) is 21.2. The molecule has 0 unspecified atom stereocenters. The van der Waals surface area contributed by atoms with Crippen LogP contribution in [0.25, 0.3) is 5.69 Å². The summed E-state index contributed by atoms with van der Waals surface area (Å²) >= 11 is 0. The second kappa shape index (κ2) is 9.82. The molecule has 1 heterocycles. The van der Waals surface area contributed by atoms with Crippen molar-refractivity contribution in [1.29, 1.82) is 0 Å². The molecule has 3 rings (SSSR count). The van der Waals surface area contributed by atoms with E-state index in [0.717, 1.165) is 25.9 Å². The number of para-hydroxylation sites is 1. The molecule has 0 fully saturated rings. The van der Waals surface area contributed by atoms with Crippen LogP contribution in [0.2, 0.25) is 0 Å². The van der Waals surface area contributed by atoms with Crippen LogP contribution in [0, 0.1) is 5.82 Å². The fourth-order valence-electron chi connectivity index (χ4n) is 3.15. The lowest BCUT2D eigenvalue weighted by molar-refractivity contribution is 0.0755. The number of nitrogens with one attached hydrogen (secondary N) is 1. The van der Waals surface area contributed by atoms with Gasteiger partial charge in [0.25, 0.3) is 11.8 Å². The van der Waals surface area contributed by atoms with E-state index in [4.69, 9.17) is 0 Å². The van der Waals surface area contributed by atoms with E-state index in [1.165, 1.54) is 23.0 Å². The number of benzene rings is 2. The summed E-state index contributed by atoms with van der Waals surface area (Å²) in [6.07, 6.45) is 3.34. The number of halogens is 1. The predicted molar refractivity (Wildman–Crippen MR) is 114 cm³/mol. The van der Waals surface area contributed by atoms with Gasteiger partial charge in [-0.15, -0.1) is 0 Å². The van der Waals surface area contributed by atoms with Crippen molar-refractivity contribution in [2.75, 3.05) is 18.4 Å². The largest absolute Gasteiger partial charge is 0.339 e. The smallest absolute Gasteiger partial charge is 0.276 e. The van der Waals surface area contributed by atoms with Gasteiger partial charge in [-0.2, -0.15) is 5.10 Å². The van der Waals surface area contributed by atoms with Gasteiger partial charge in [-0.1, -0.05) is 26.0 Å². The van der Waals surface area contributed by atoms with Gasteiger partial charge in [0, 0.05) is 30.5 Å². The molecule has 2 amide bonds. The van der Waals surface area contributed by atoms with Crippen LogP contribution < -0.4 is 5.32 Å². The highest BCUT2D eigenvalue weighted by atomic mass is 19.1. The monoisotopic (exact) mass is 408 g/mol. The van der Waals surface area contributed by atoms with Gasteiger partial charge in [0.2, 0.25) is 0 Å². The van der Waals surface area contributed by atoms with Crippen molar-refractivity contribution in [2.24, 2.45) is 0 Å². The van der Waals surface area contributed by atoms with Gasteiger partial charge >= 0.3 is 0 Å². The van der Waals surface area contributed by atoms with E-state index in [9.17, 15) is 14.0 Å². The zero-order chi connectivity index (χ0) is 21.5. The summed E-state index contributed by atoms with van der Waals surface area (Å²) in [5.74, 6) is -0.851. The number of carbonyl (C=O) groups is 2. The number of rotatable bonds is 8. The van der Waals surface area contributed by atoms with E-state index in [2.05, 4.69) is 10.4 Å². The molecule has 0 bridgehead atoms. The third-order valence-electron chi connectivity index (χ3n) is 4.58. The third-order valence-corrected chi connectivity index (χ3v) is 4.58. The lowest BCUT2D eigenvalue weighted by Crippen LogP contribution is -2.32. The topological polar surface area (TPSA) is 67.2 Å². The van der Waals surface area contributed by atoms with E-state index >= 15 is 0 Å². The number of carbonyl (C=O) groups excluding carboxylic acids is 2. The first-order valence-electron chi connectivity index (χ1n) is 10.0. The molecule has 1 N–H and O–H groups in total. The minimum atomic E-state index is -0.423. The normalized spacial score (nSPS) is 10.6. The molecule has 156 valence electrons. The average molecular weight is 408 g/mol. The van der Waals surface area contributed by atoms with Crippen molar-refractivity contribution in [2.45, 2.75) is 26.7 Å². The summed E-state index contributed by atoms with van der Waals surface area (Å²) in [6, 6.07) is 14.5. The molecule has 0 spiro atoms. The first-order valence-corrected chi connectivity index (χ1v) is 10.0. The Hall–Kier alpha value is -3.48. The number of amides is 2. The molecule has 0 saturated heterocycles. The Kier molecular flexibility index (Phi) is 6.95. The van der Waals surface area contributed by atoms with E-state index in [0.29, 0.717) is 11.3 Å². The number of aromatic nitrogens is 2. The standard InChI is InChI=1S/C23H25FN4O2/c1-3-14-27(15-4-2)23(30)17-9-11-18(12-10-17)25-22(29)20-13-16-28(26-20)21-8-6-5-7-19(21)24/h5-13,16H,3-4,14-15H2,1-2H3,(H,25,29). The van der Waals surface area contributed by atoms with Crippen LogP contribution >= 0.6 is 0 Å². The molecule has 0 radical (unpaired) electrons. The quantitative estimate of drug-likeness (QED) is 0.596. The maximum atomic E-state index is 13.9. The van der Waals surface area contributed by atoms with E-state index < -0.39 is 11.7 Å². The zero-order valence-corrected chi connectivity index (χ0v) is 17.1. The molecular formula is C23H25FN4O2. The fraction of sp³-hybridized carbons (Fsp3) is 0.261. The Balaban J connectivity index is 1.68. The fourth-order valence-corrected chi connectivity index (χ4v) is 3.15. The number of nitrogens with zero attached hydrogens (tertiary/aromatic N) is 3. The molecule has 0 aliphatic rings. The van der Waals surface area contributed by atoms with Crippen LogP contribution in [0.3, 0.4) is 0 Å². The lowest BCUT2D eigenvalue weighted by Gasteiger charge is -2.21. The maximum absolute atomic E-state index is 13.9. The molecule has 0 atom stereocenters. The highest BCUT2D eigenvalue weighted by molar-refractivity contribution is 6.03. The molecule has 3 aromatic rings. The van der Waals surface area contributed by atoms with Gasteiger partial charge in [0.05, 0.1) is 0 Å². The van der Waals surface area contributed by atoms with Gasteiger partial charge < -0.3 is 10.2 Å². The molecular weight excluding hydrogens is 383 g/mol. The Morgan fingerprint density at radius 2 is 1.67 bits per heavy atom. The first-order chi connectivity index (χ1) is 14.5. The van der Waals surface area contributed by atoms with Crippen LogP contribution in [0.5, 0.6) is 0 Å². The Bertz CT molecular complexity index is 1010. The third kappa shape index (κ3) is 4.92. The highest BCUT2D eigenvalue weighted by Crippen LogP contribution is 2.15. The molecule has 6 nitrogen and oxygen atoms in total. The molecule has 2 aromatic carbocycles. The highest BCUT2D eigenvalue weighted by Gasteiger charge is 2.15. The minimum absolute atomic E-state index is 0.0137. The van der Waals surface area contributed by atoms with Crippen molar-refractivity contribution >= 4 is 17.5 Å². The molecule has 7 heteroatoms. The number of anilines is 1. The lowest BCUT2D eigenvalue weighted by atomic mass is 10.1. The number of hydrogen-bond acceptors (Lipinski definition) is 3. The van der Waals surface area contributed by atoms with Crippen molar-refractivity contribution in [3.05, 3.63) is 77.9 Å². The molecule has 0 aliphatic carbocycles. The molecule has 0 aliphatic heterocycles. The minimum Gasteiger partial charge on any atom is -0.339 e. The van der Waals surface area contributed by atoms with Crippen molar-refractivity contribution in [3.63, 3.8) is 0 Å². The van der Waals surface area contributed by atoms with Gasteiger partial charge in [0.1, 0.15) is 11.5 Å². The Labute approximate surface area is 175 Å². The number of hydrogen-bond donors (Lipinski definition) is 1. The summed E-state index contributed by atoms with van der Waals surface area (Å²) in [4.78, 5) is 27.0. The molecule has 0 saturated carbocycles. The molecule has 1 aromatic heterocycles. The summed E-state index contributed by atoms with van der Waals surface area (Å²) in [7, 11) is 0. The summed E-state index contributed by atoms with van der Waals surface area (Å²) in [5, 5.41) is 6.90. The van der Waals surface area contributed by atoms with Gasteiger partial charge in [-0.25, -0.2) is 9.07 Å². The average Bonchev–Trinajstić information content (AvgIpc) is 3.24. The van der Waals surface area contributed by atoms with E-state index in [1.807, 2.05) is 18.7 Å². The van der Waals surface area contributed by atoms with Crippen molar-refractivity contribution < 1.29 is 14.0 Å². The summed E-state index contributed by atoms with van der Waals surface area (Å²) in [6.45, 7) is 5.52. The molecule has 30 heavy (non-hydrogen) atoms. The van der Waals surface area contributed by atoms with Gasteiger partial charge in [0.15, 0.2) is 5.69 Å². The van der Waals surface area contributed by atoms with Crippen molar-refractivity contribution in [3.8, 4) is 5.69 Å². The van der Waals surface area contributed by atoms with E-state index in [-0.39, 0.29) is 17.3 Å². The zero-order valence-electron chi connectivity index (χ0n) is 17.1. The van der Waals surface area contributed by atoms with Crippen LogP contribution in [0.1, 0.15) is 47.5 Å². The van der Waals surface area contributed by atoms with Crippen molar-refractivity contribution in [1.82, 2.24) is 14.7 Å². The van der Waals surface area contributed by atoms with Gasteiger partial charge in [-0.3, -0.25) is 9.59 Å². The summed E-state index contributed by atoms with van der Waals surface area (Å²) in [5.41, 5.74) is 1.56. The second-order valence-corrected chi connectivity index (χ2v) is 6.92. The summed E-state index contributed by atoms with van der Waals surface area (Å²) < 4.78 is 15.2. The maximum Gasteiger partial charge on any atom is 0.276 e. The van der Waals surface area contributed by atoms with Gasteiger partial charge in [-0.05, 0) is 55.3 Å². The van der Waals surface area contributed by atoms with E-state index in [1.54, 1.807) is 42.5 Å². The predicted octanol–water partition coefficient (Wildman–Crippen LogP) is 4.53. The van der Waals surface area contributed by atoms with Crippen LogP contribution in [-0.4, -0.2) is 39.6 Å². The SMILES string of the molecule is CCCN(CCC)C(=O)c1ccc(NC(=O)c2ccn(-c3ccccc3F)n2)cc1. The Morgan fingerprint density at radius 3 is 2.30 bits per heavy atom. The van der Waals surface area contributed by atoms with Crippen LogP contribution in [0.15, 0.2) is 60.8 Å². The Morgan fingerprint density at radius 1 is 1.00 bits per heavy atom.